The molecule has 162 valence electrons. The van der Waals surface area contributed by atoms with Crippen molar-refractivity contribution in [3.63, 3.8) is 0 Å². The molecule has 0 saturated carbocycles. The molecule has 0 bridgehead atoms. The highest BCUT2D eigenvalue weighted by Crippen LogP contribution is 2.33. The van der Waals surface area contributed by atoms with Crippen LogP contribution in [-0.2, 0) is 27.3 Å². The van der Waals surface area contributed by atoms with Crippen LogP contribution < -0.4 is 15.2 Å². The molecule has 0 saturated heterocycles. The van der Waals surface area contributed by atoms with Crippen molar-refractivity contribution in [3.8, 4) is 11.5 Å². The molecule has 0 fully saturated rings. The van der Waals surface area contributed by atoms with Crippen LogP contribution in [0.2, 0.25) is 0 Å². The minimum atomic E-state index is 0.375. The van der Waals surface area contributed by atoms with Gasteiger partial charge in [-0.05, 0) is 43.7 Å². The van der Waals surface area contributed by atoms with Crippen molar-refractivity contribution in [2.45, 2.75) is 33.8 Å². The van der Waals surface area contributed by atoms with E-state index >= 15 is 0 Å². The van der Waals surface area contributed by atoms with E-state index in [2.05, 4.69) is 35.9 Å². The Hall–Kier alpha value is -2.57. The highest BCUT2D eigenvalue weighted by atomic mass is 16.5. The zero-order valence-corrected chi connectivity index (χ0v) is 18.5. The van der Waals surface area contributed by atoms with Gasteiger partial charge < -0.3 is 24.7 Å². The van der Waals surface area contributed by atoms with Gasteiger partial charge in [0.15, 0.2) is 0 Å². The quantitative estimate of drug-likeness (QED) is 0.671. The van der Waals surface area contributed by atoms with Crippen LogP contribution in [-0.4, -0.2) is 41.0 Å². The van der Waals surface area contributed by atoms with Gasteiger partial charge in [0.25, 0.3) is 6.47 Å². The van der Waals surface area contributed by atoms with Crippen molar-refractivity contribution in [2.75, 3.05) is 34.5 Å². The predicted molar refractivity (Wildman–Crippen MR) is 117 cm³/mol. The maximum atomic E-state index is 8.95. The lowest BCUT2D eigenvalue weighted by Crippen LogP contribution is -2.01. The fourth-order valence-electron chi connectivity index (χ4n) is 2.54. The van der Waals surface area contributed by atoms with Crippen molar-refractivity contribution in [1.82, 2.24) is 0 Å². The summed E-state index contributed by atoms with van der Waals surface area (Å²) in [6.45, 7) is 8.37. The Kier molecular flexibility index (Phi) is 14.9. The van der Waals surface area contributed by atoms with Crippen LogP contribution >= 0.6 is 0 Å². The lowest BCUT2D eigenvalue weighted by atomic mass is 10.00. The van der Waals surface area contributed by atoms with Gasteiger partial charge in [-0.1, -0.05) is 36.8 Å². The summed E-state index contributed by atoms with van der Waals surface area (Å²) >= 11 is 0. The van der Waals surface area contributed by atoms with Crippen LogP contribution in [0.4, 0.5) is 0 Å². The van der Waals surface area contributed by atoms with Gasteiger partial charge in [-0.25, -0.2) is 0 Å². The first-order chi connectivity index (χ1) is 14.0. The van der Waals surface area contributed by atoms with Gasteiger partial charge >= 0.3 is 0 Å². The molecule has 0 unspecified atom stereocenters. The molecule has 2 aromatic rings. The molecule has 2 N–H and O–H groups in total. The molecule has 6 nitrogen and oxygen atoms in total. The third-order valence-corrected chi connectivity index (χ3v) is 3.70. The number of aryl methyl sites for hydroxylation is 1. The van der Waals surface area contributed by atoms with E-state index in [9.17, 15) is 0 Å². The Labute approximate surface area is 174 Å². The Morgan fingerprint density at radius 3 is 1.93 bits per heavy atom. The summed E-state index contributed by atoms with van der Waals surface area (Å²) in [4.78, 5) is 8.95. The van der Waals surface area contributed by atoms with Gasteiger partial charge in [-0.2, -0.15) is 0 Å². The van der Waals surface area contributed by atoms with E-state index < -0.39 is 0 Å². The summed E-state index contributed by atoms with van der Waals surface area (Å²) in [5, 5.41) is 0. The summed E-state index contributed by atoms with van der Waals surface area (Å²) in [6, 6.07) is 12.6. The van der Waals surface area contributed by atoms with Crippen molar-refractivity contribution in [2.24, 2.45) is 5.73 Å². The first-order valence-electron chi connectivity index (χ1n) is 9.54. The van der Waals surface area contributed by atoms with Crippen molar-refractivity contribution >= 4 is 6.47 Å². The van der Waals surface area contributed by atoms with E-state index in [1.54, 1.807) is 14.2 Å². The van der Waals surface area contributed by atoms with Crippen LogP contribution in [0.1, 0.15) is 36.1 Å². The molecule has 0 aliphatic carbocycles. The second-order valence-corrected chi connectivity index (χ2v) is 6.02. The van der Waals surface area contributed by atoms with E-state index in [4.69, 9.17) is 24.7 Å². The topological polar surface area (TPSA) is 80.0 Å². The summed E-state index contributed by atoms with van der Waals surface area (Å²) in [5.41, 5.74) is 9.47. The number of hydrogen-bond acceptors (Lipinski definition) is 6. The van der Waals surface area contributed by atoms with E-state index in [0.29, 0.717) is 19.7 Å². The molecule has 0 spiro atoms. The van der Waals surface area contributed by atoms with Gasteiger partial charge in [0, 0.05) is 18.6 Å². The van der Waals surface area contributed by atoms with Crippen LogP contribution in [0, 0.1) is 6.92 Å². The monoisotopic (exact) mass is 405 g/mol. The number of nitrogens with two attached hydrogens (primary N) is 1. The first-order valence-corrected chi connectivity index (χ1v) is 9.54. The smallest absolute Gasteiger partial charge is 0.292 e. The molecule has 29 heavy (non-hydrogen) atoms. The number of rotatable bonds is 8. The van der Waals surface area contributed by atoms with Crippen molar-refractivity contribution in [1.29, 1.82) is 0 Å². The number of carbonyl (C=O) groups is 1. The Morgan fingerprint density at radius 2 is 1.52 bits per heavy atom. The van der Waals surface area contributed by atoms with Crippen LogP contribution in [0.15, 0.2) is 36.4 Å². The SMILES string of the molecule is CCN.CCOCc1cc(OC)c(Cc2cccc(C)c2)c(OC)c1.COC=O. The number of benzene rings is 2. The molecule has 2 aromatic carbocycles. The second kappa shape index (κ2) is 16.4. The van der Waals surface area contributed by atoms with Gasteiger partial charge in [0.2, 0.25) is 0 Å². The van der Waals surface area contributed by atoms with Gasteiger partial charge in [0.1, 0.15) is 11.5 Å². The molecule has 6 heteroatoms. The Morgan fingerprint density at radius 1 is 0.966 bits per heavy atom. The maximum absolute atomic E-state index is 8.95. The third kappa shape index (κ3) is 10.5. The lowest BCUT2D eigenvalue weighted by Gasteiger charge is -2.16. The zero-order chi connectivity index (χ0) is 22.1. The number of methoxy groups -OCH3 is 3. The van der Waals surface area contributed by atoms with Gasteiger partial charge in [-0.3, -0.25) is 4.79 Å². The maximum Gasteiger partial charge on any atom is 0.292 e. The minimum absolute atomic E-state index is 0.375. The van der Waals surface area contributed by atoms with Crippen LogP contribution in [0.5, 0.6) is 11.5 Å². The molecule has 2 rings (SSSR count). The molecule has 0 atom stereocenters. The minimum Gasteiger partial charge on any atom is -0.496 e. The van der Waals surface area contributed by atoms with E-state index in [-0.39, 0.29) is 0 Å². The standard InChI is InChI=1S/C19H24O3.C2H7N.C2H4O2/c1-5-22-13-16-11-18(20-3)17(19(12-16)21-4)10-15-8-6-7-14(2)9-15;1-2-3;1-4-2-3/h6-9,11-12H,5,10,13H2,1-4H3;2-3H2,1H3;2H,1H3. The number of carbonyl (C=O) groups excluding carboxylic acids is 1. The molecular weight excluding hydrogens is 370 g/mol. The lowest BCUT2D eigenvalue weighted by molar-refractivity contribution is -0.126. The van der Waals surface area contributed by atoms with E-state index in [0.717, 1.165) is 35.6 Å². The molecule has 0 aromatic heterocycles. The van der Waals surface area contributed by atoms with E-state index in [1.165, 1.54) is 18.2 Å². The first kappa shape index (κ1) is 26.4. The molecular formula is C23H35NO5. The highest BCUT2D eigenvalue weighted by molar-refractivity contribution is 5.50. The van der Waals surface area contributed by atoms with Gasteiger partial charge in [-0.15, -0.1) is 0 Å². The highest BCUT2D eigenvalue weighted by Gasteiger charge is 2.13. The average Bonchev–Trinajstić information content (AvgIpc) is 2.73. The molecule has 0 amide bonds. The van der Waals surface area contributed by atoms with Crippen LogP contribution in [0.3, 0.4) is 0 Å². The zero-order valence-electron chi connectivity index (χ0n) is 18.5. The van der Waals surface area contributed by atoms with Crippen molar-refractivity contribution < 1.29 is 23.7 Å². The van der Waals surface area contributed by atoms with Crippen LogP contribution in [0.25, 0.3) is 0 Å². The molecule has 0 aliphatic rings. The largest absolute Gasteiger partial charge is 0.496 e. The van der Waals surface area contributed by atoms with Gasteiger partial charge in [0.05, 0.1) is 27.9 Å². The third-order valence-electron chi connectivity index (χ3n) is 3.70. The summed E-state index contributed by atoms with van der Waals surface area (Å²) in [7, 11) is 4.70. The normalized spacial score (nSPS) is 9.34. The number of ether oxygens (including phenoxy) is 4. The molecule has 0 heterocycles. The molecule has 0 radical (unpaired) electrons. The fourth-order valence-corrected chi connectivity index (χ4v) is 2.54. The fraction of sp³-hybridized carbons (Fsp3) is 0.435. The summed E-state index contributed by atoms with van der Waals surface area (Å²) in [5.74, 6) is 1.69. The Balaban J connectivity index is 0.000000975. The molecule has 0 aliphatic heterocycles. The summed E-state index contributed by atoms with van der Waals surface area (Å²) < 4.78 is 20.5. The van der Waals surface area contributed by atoms with E-state index in [1.807, 2.05) is 26.0 Å². The van der Waals surface area contributed by atoms with Crippen molar-refractivity contribution in [3.05, 3.63) is 58.7 Å². The predicted octanol–water partition coefficient (Wildman–Crippen LogP) is 3.89. The summed E-state index contributed by atoms with van der Waals surface area (Å²) in [6.07, 6.45) is 0.781. The Bertz CT molecular complexity index is 678. The average molecular weight is 406 g/mol. The number of hydrogen-bond donors (Lipinski definition) is 1. The second-order valence-electron chi connectivity index (χ2n) is 6.02.